The maximum atomic E-state index is 12.0. The molecule has 9 nitrogen and oxygen atoms in total. The van der Waals surface area contributed by atoms with E-state index in [0.29, 0.717) is 0 Å². The molecule has 0 aliphatic carbocycles. The molecular formula is C13H25N3O6. The lowest BCUT2D eigenvalue weighted by molar-refractivity contribution is -0.145. The summed E-state index contributed by atoms with van der Waals surface area (Å²) >= 11 is 0. The molecule has 0 radical (unpaired) electrons. The van der Waals surface area contributed by atoms with E-state index in [-0.39, 0.29) is 5.92 Å². The van der Waals surface area contributed by atoms with Gasteiger partial charge in [0.15, 0.2) is 6.04 Å². The smallest absolute Gasteiger partial charge is 0.328 e. The molecule has 0 aliphatic heterocycles. The Kier molecular flexibility index (Phi) is 7.99. The molecule has 5 atom stereocenters. The molecule has 0 aromatic heterocycles. The van der Waals surface area contributed by atoms with Gasteiger partial charge in [-0.15, -0.1) is 0 Å². The summed E-state index contributed by atoms with van der Waals surface area (Å²) in [6.07, 6.45) is -2.61. The van der Waals surface area contributed by atoms with E-state index in [1.54, 1.807) is 13.8 Å². The first-order valence-electron chi connectivity index (χ1n) is 6.94. The summed E-state index contributed by atoms with van der Waals surface area (Å²) in [5.74, 6) is -3.17. The lowest BCUT2D eigenvalue weighted by Crippen LogP contribution is -2.60. The van der Waals surface area contributed by atoms with Crippen LogP contribution in [0.4, 0.5) is 0 Å². The van der Waals surface area contributed by atoms with Crippen molar-refractivity contribution in [2.75, 3.05) is 0 Å². The molecule has 7 N–H and O–H groups in total. The largest absolute Gasteiger partial charge is 0.480 e. The number of rotatable bonds is 8. The molecule has 0 spiro atoms. The van der Waals surface area contributed by atoms with Gasteiger partial charge in [0, 0.05) is 0 Å². The number of carboxylic acid groups (broad SMARTS) is 1. The third-order valence-electron chi connectivity index (χ3n) is 3.13. The quantitative estimate of drug-likeness (QED) is 0.295. The third kappa shape index (κ3) is 5.96. The van der Waals surface area contributed by atoms with Crippen molar-refractivity contribution in [3.8, 4) is 0 Å². The standard InChI is InChI=1S/C13H25N3O6/c1-5(2)8(14)11(19)15-9(6(3)17)12(20)16-10(7(4)18)13(21)22/h5-10,17-18H,14H2,1-4H3,(H,15,19)(H,16,20)(H,21,22)/t6-,7-,8+,9+,10+/m1/s1. The lowest BCUT2D eigenvalue weighted by Gasteiger charge is -2.26. The molecular weight excluding hydrogens is 294 g/mol. The monoisotopic (exact) mass is 319 g/mol. The van der Waals surface area contributed by atoms with Gasteiger partial charge in [-0.3, -0.25) is 9.59 Å². The molecule has 0 saturated carbocycles. The number of hydrogen-bond donors (Lipinski definition) is 6. The molecule has 0 bridgehead atoms. The van der Waals surface area contributed by atoms with E-state index in [9.17, 15) is 24.6 Å². The van der Waals surface area contributed by atoms with E-state index in [2.05, 4.69) is 10.6 Å². The number of aliphatic hydroxyl groups excluding tert-OH is 2. The molecule has 0 aromatic rings. The fourth-order valence-corrected chi connectivity index (χ4v) is 1.59. The highest BCUT2D eigenvalue weighted by atomic mass is 16.4. The van der Waals surface area contributed by atoms with E-state index < -0.39 is 48.1 Å². The highest BCUT2D eigenvalue weighted by Crippen LogP contribution is 2.02. The first-order valence-corrected chi connectivity index (χ1v) is 6.94. The minimum absolute atomic E-state index is 0.179. The van der Waals surface area contributed by atoms with Gasteiger partial charge in [-0.1, -0.05) is 13.8 Å². The Morgan fingerprint density at radius 1 is 0.864 bits per heavy atom. The first kappa shape index (κ1) is 20.3. The zero-order valence-electron chi connectivity index (χ0n) is 13.1. The molecule has 22 heavy (non-hydrogen) atoms. The van der Waals surface area contributed by atoms with Gasteiger partial charge in [-0.05, 0) is 19.8 Å². The van der Waals surface area contributed by atoms with Gasteiger partial charge in [0.25, 0.3) is 0 Å². The highest BCUT2D eigenvalue weighted by Gasteiger charge is 2.32. The Balaban J connectivity index is 4.99. The van der Waals surface area contributed by atoms with Crippen molar-refractivity contribution in [2.24, 2.45) is 11.7 Å². The molecule has 0 rings (SSSR count). The number of nitrogens with one attached hydrogen (secondary N) is 2. The average molecular weight is 319 g/mol. The fraction of sp³-hybridized carbons (Fsp3) is 0.769. The minimum atomic E-state index is -1.55. The summed E-state index contributed by atoms with van der Waals surface area (Å²) in [6.45, 7) is 5.90. The number of aliphatic hydroxyl groups is 2. The van der Waals surface area contributed by atoms with Crippen LogP contribution < -0.4 is 16.4 Å². The van der Waals surface area contributed by atoms with Crippen molar-refractivity contribution in [1.29, 1.82) is 0 Å². The van der Waals surface area contributed by atoms with Crippen LogP contribution in [-0.2, 0) is 14.4 Å². The molecule has 2 amide bonds. The number of carbonyl (C=O) groups excluding carboxylic acids is 2. The summed E-state index contributed by atoms with van der Waals surface area (Å²) in [6, 6.07) is -3.80. The minimum Gasteiger partial charge on any atom is -0.480 e. The summed E-state index contributed by atoms with van der Waals surface area (Å²) in [7, 11) is 0. The number of carboxylic acids is 1. The normalized spacial score (nSPS) is 18.0. The van der Waals surface area contributed by atoms with Gasteiger partial charge >= 0.3 is 5.97 Å². The van der Waals surface area contributed by atoms with Crippen LogP contribution in [0.3, 0.4) is 0 Å². The van der Waals surface area contributed by atoms with Gasteiger partial charge in [-0.2, -0.15) is 0 Å². The lowest BCUT2D eigenvalue weighted by atomic mass is 10.0. The van der Waals surface area contributed by atoms with Crippen LogP contribution in [0.25, 0.3) is 0 Å². The Labute approximate surface area is 128 Å². The Bertz CT molecular complexity index is 411. The van der Waals surface area contributed by atoms with Gasteiger partial charge in [-0.25, -0.2) is 4.79 Å². The molecule has 0 saturated heterocycles. The second-order valence-corrected chi connectivity index (χ2v) is 5.56. The van der Waals surface area contributed by atoms with Crippen molar-refractivity contribution >= 4 is 17.8 Å². The zero-order chi connectivity index (χ0) is 17.6. The predicted molar refractivity (Wildman–Crippen MR) is 77.7 cm³/mol. The van der Waals surface area contributed by atoms with Crippen LogP contribution in [0, 0.1) is 5.92 Å². The number of nitrogens with two attached hydrogens (primary N) is 1. The van der Waals surface area contributed by atoms with Gasteiger partial charge in [0.05, 0.1) is 18.2 Å². The average Bonchev–Trinajstić information content (AvgIpc) is 2.39. The maximum absolute atomic E-state index is 12.0. The summed E-state index contributed by atoms with van der Waals surface area (Å²) in [5, 5.41) is 32.2. The number of carbonyl (C=O) groups is 3. The summed E-state index contributed by atoms with van der Waals surface area (Å²) in [4.78, 5) is 34.8. The van der Waals surface area contributed by atoms with Crippen LogP contribution in [0.5, 0.6) is 0 Å². The number of amides is 2. The van der Waals surface area contributed by atoms with E-state index >= 15 is 0 Å². The molecule has 0 unspecified atom stereocenters. The van der Waals surface area contributed by atoms with Gasteiger partial charge < -0.3 is 31.7 Å². The van der Waals surface area contributed by atoms with E-state index in [4.69, 9.17) is 10.8 Å². The molecule has 9 heteroatoms. The van der Waals surface area contributed by atoms with Crippen LogP contribution >= 0.6 is 0 Å². The summed E-state index contributed by atoms with van der Waals surface area (Å²) in [5.41, 5.74) is 5.65. The predicted octanol–water partition coefficient (Wildman–Crippen LogP) is -2.21. The van der Waals surface area contributed by atoms with E-state index in [1.807, 2.05) is 0 Å². The van der Waals surface area contributed by atoms with Crippen molar-refractivity contribution in [1.82, 2.24) is 10.6 Å². The first-order chi connectivity index (χ1) is 9.98. The highest BCUT2D eigenvalue weighted by molar-refractivity contribution is 5.92. The van der Waals surface area contributed by atoms with Crippen molar-refractivity contribution < 1.29 is 29.7 Å². The van der Waals surface area contributed by atoms with Crippen LogP contribution in [0.2, 0.25) is 0 Å². The summed E-state index contributed by atoms with van der Waals surface area (Å²) < 4.78 is 0. The number of hydrogen-bond acceptors (Lipinski definition) is 6. The van der Waals surface area contributed by atoms with Crippen LogP contribution in [0.15, 0.2) is 0 Å². The van der Waals surface area contributed by atoms with E-state index in [1.165, 1.54) is 13.8 Å². The molecule has 0 heterocycles. The van der Waals surface area contributed by atoms with E-state index in [0.717, 1.165) is 0 Å². The van der Waals surface area contributed by atoms with Gasteiger partial charge in [0.2, 0.25) is 11.8 Å². The molecule has 128 valence electrons. The maximum Gasteiger partial charge on any atom is 0.328 e. The third-order valence-corrected chi connectivity index (χ3v) is 3.13. The Morgan fingerprint density at radius 2 is 1.27 bits per heavy atom. The second-order valence-electron chi connectivity index (χ2n) is 5.56. The van der Waals surface area contributed by atoms with Crippen molar-refractivity contribution in [3.63, 3.8) is 0 Å². The van der Waals surface area contributed by atoms with Gasteiger partial charge in [0.1, 0.15) is 6.04 Å². The van der Waals surface area contributed by atoms with Crippen LogP contribution in [-0.4, -0.2) is 63.4 Å². The Morgan fingerprint density at radius 3 is 1.59 bits per heavy atom. The van der Waals surface area contributed by atoms with Crippen LogP contribution in [0.1, 0.15) is 27.7 Å². The second kappa shape index (κ2) is 8.66. The topological polar surface area (TPSA) is 162 Å². The number of aliphatic carboxylic acids is 1. The zero-order valence-corrected chi connectivity index (χ0v) is 13.1. The Hall–Kier alpha value is -1.71. The molecule has 0 fully saturated rings. The molecule has 0 aromatic carbocycles. The SMILES string of the molecule is CC(C)[C@H](N)C(=O)N[C@H](C(=O)N[C@H](C(=O)O)[C@@H](C)O)[C@@H](C)O. The van der Waals surface area contributed by atoms with Crippen molar-refractivity contribution in [3.05, 3.63) is 0 Å². The molecule has 0 aliphatic rings. The van der Waals surface area contributed by atoms with Crippen molar-refractivity contribution in [2.45, 2.75) is 58.0 Å². The fourth-order valence-electron chi connectivity index (χ4n) is 1.59.